The number of methoxy groups -OCH3 is 1. The van der Waals surface area contributed by atoms with Crippen molar-refractivity contribution >= 4 is 11.9 Å². The van der Waals surface area contributed by atoms with Crippen molar-refractivity contribution in [3.8, 4) is 5.75 Å². The third kappa shape index (κ3) is 5.90. The normalized spacial score (nSPS) is 12.1. The molecule has 0 fully saturated rings. The largest absolute Gasteiger partial charge is 0.497 e. The van der Waals surface area contributed by atoms with Gasteiger partial charge in [0.1, 0.15) is 17.2 Å². The van der Waals surface area contributed by atoms with Crippen molar-refractivity contribution in [3.05, 3.63) is 29.8 Å². The van der Waals surface area contributed by atoms with Crippen LogP contribution in [0, 0.1) is 0 Å². The van der Waals surface area contributed by atoms with Gasteiger partial charge in [0.05, 0.1) is 7.11 Å². The topological polar surface area (TPSA) is 73.9 Å². The number of nitrogens with two attached hydrogens (primary N) is 1. The van der Waals surface area contributed by atoms with E-state index in [9.17, 15) is 4.79 Å². The zero-order chi connectivity index (χ0) is 14.5. The minimum absolute atomic E-state index is 0.222. The summed E-state index contributed by atoms with van der Waals surface area (Å²) in [4.78, 5) is 15.2. The lowest BCUT2D eigenvalue weighted by Gasteiger charge is -2.17. The number of amides is 1. The Morgan fingerprint density at radius 2 is 1.84 bits per heavy atom. The van der Waals surface area contributed by atoms with E-state index in [-0.39, 0.29) is 5.84 Å². The first kappa shape index (κ1) is 15.0. The van der Waals surface area contributed by atoms with Crippen molar-refractivity contribution in [2.24, 2.45) is 10.7 Å². The molecule has 2 N–H and O–H groups in total. The quantitative estimate of drug-likeness (QED) is 0.672. The van der Waals surface area contributed by atoms with Gasteiger partial charge in [-0.1, -0.05) is 12.1 Å². The molecule has 0 aromatic heterocycles. The number of rotatable bonds is 3. The predicted octanol–water partition coefficient (Wildman–Crippen LogP) is 2.53. The summed E-state index contributed by atoms with van der Waals surface area (Å²) in [5.41, 5.74) is 6.10. The van der Waals surface area contributed by atoms with E-state index in [4.69, 9.17) is 15.2 Å². The Morgan fingerprint density at radius 3 is 2.32 bits per heavy atom. The van der Waals surface area contributed by atoms with Crippen LogP contribution in [0.4, 0.5) is 4.79 Å². The number of amidine groups is 1. The lowest BCUT2D eigenvalue weighted by molar-refractivity contribution is 0.0604. The Kier molecular flexibility index (Phi) is 4.92. The van der Waals surface area contributed by atoms with Crippen LogP contribution in [0.25, 0.3) is 0 Å². The molecule has 5 heteroatoms. The average Bonchev–Trinajstić information content (AvgIpc) is 2.27. The summed E-state index contributed by atoms with van der Waals surface area (Å²) in [5.74, 6) is 0.991. The summed E-state index contributed by atoms with van der Waals surface area (Å²) in [6, 6.07) is 7.40. The van der Waals surface area contributed by atoms with Crippen molar-refractivity contribution in [2.45, 2.75) is 32.8 Å². The molecule has 1 rings (SSSR count). The molecular formula is C14H20N2O3. The van der Waals surface area contributed by atoms with Crippen molar-refractivity contribution in [1.29, 1.82) is 0 Å². The summed E-state index contributed by atoms with van der Waals surface area (Å²) >= 11 is 0. The van der Waals surface area contributed by atoms with E-state index in [1.165, 1.54) is 0 Å². The standard InChI is InChI=1S/C14H20N2O3/c1-14(2,3)19-13(17)16-12(15)9-10-5-7-11(18-4)8-6-10/h5-8H,9H2,1-4H3,(H2,15,16,17). The average molecular weight is 264 g/mol. The molecule has 104 valence electrons. The first-order chi connectivity index (χ1) is 8.80. The highest BCUT2D eigenvalue weighted by atomic mass is 16.6. The van der Waals surface area contributed by atoms with Crippen molar-refractivity contribution < 1.29 is 14.3 Å². The van der Waals surface area contributed by atoms with E-state index in [0.717, 1.165) is 11.3 Å². The van der Waals surface area contributed by atoms with E-state index in [2.05, 4.69) is 4.99 Å². The maximum Gasteiger partial charge on any atom is 0.435 e. The van der Waals surface area contributed by atoms with Crippen LogP contribution in [0.3, 0.4) is 0 Å². The number of nitrogens with zero attached hydrogens (tertiary/aromatic N) is 1. The Labute approximate surface area is 113 Å². The number of ether oxygens (including phenoxy) is 2. The predicted molar refractivity (Wildman–Crippen MR) is 74.6 cm³/mol. The van der Waals surface area contributed by atoms with Crippen LogP contribution in [0.1, 0.15) is 26.3 Å². The van der Waals surface area contributed by atoms with Gasteiger partial charge in [-0.05, 0) is 38.5 Å². The number of hydrogen-bond donors (Lipinski definition) is 1. The van der Waals surface area contributed by atoms with Crippen molar-refractivity contribution in [2.75, 3.05) is 7.11 Å². The zero-order valence-electron chi connectivity index (χ0n) is 11.8. The maximum absolute atomic E-state index is 11.5. The number of carbonyl (C=O) groups excluding carboxylic acids is 1. The van der Waals surface area contributed by atoms with E-state index in [1.54, 1.807) is 27.9 Å². The van der Waals surface area contributed by atoms with Gasteiger partial charge in [0.15, 0.2) is 0 Å². The third-order valence-corrected chi connectivity index (χ3v) is 2.17. The fourth-order valence-corrected chi connectivity index (χ4v) is 1.39. The second-order valence-corrected chi connectivity index (χ2v) is 5.11. The molecule has 19 heavy (non-hydrogen) atoms. The zero-order valence-corrected chi connectivity index (χ0v) is 11.8. The molecule has 0 radical (unpaired) electrons. The molecule has 0 saturated heterocycles. The molecule has 0 saturated carbocycles. The monoisotopic (exact) mass is 264 g/mol. The lowest BCUT2D eigenvalue weighted by Crippen LogP contribution is -2.24. The first-order valence-electron chi connectivity index (χ1n) is 5.99. The van der Waals surface area contributed by atoms with Gasteiger partial charge in [-0.25, -0.2) is 4.79 Å². The Hall–Kier alpha value is -2.04. The van der Waals surface area contributed by atoms with Gasteiger partial charge in [-0.3, -0.25) is 0 Å². The summed E-state index contributed by atoms with van der Waals surface area (Å²) in [6.45, 7) is 5.33. The molecule has 5 nitrogen and oxygen atoms in total. The molecule has 0 bridgehead atoms. The second-order valence-electron chi connectivity index (χ2n) is 5.11. The van der Waals surface area contributed by atoms with E-state index >= 15 is 0 Å². The van der Waals surface area contributed by atoms with Crippen LogP contribution < -0.4 is 10.5 Å². The highest BCUT2D eigenvalue weighted by Crippen LogP contribution is 2.12. The van der Waals surface area contributed by atoms with E-state index in [1.807, 2.05) is 24.3 Å². The molecule has 0 aliphatic carbocycles. The van der Waals surface area contributed by atoms with E-state index in [0.29, 0.717) is 6.42 Å². The van der Waals surface area contributed by atoms with Gasteiger partial charge in [0.2, 0.25) is 0 Å². The van der Waals surface area contributed by atoms with Gasteiger partial charge in [-0.2, -0.15) is 4.99 Å². The third-order valence-electron chi connectivity index (χ3n) is 2.17. The van der Waals surface area contributed by atoms with Gasteiger partial charge in [0, 0.05) is 6.42 Å². The van der Waals surface area contributed by atoms with Gasteiger partial charge in [0.25, 0.3) is 0 Å². The number of carbonyl (C=O) groups is 1. The molecule has 0 spiro atoms. The van der Waals surface area contributed by atoms with Crippen LogP contribution in [0.5, 0.6) is 5.75 Å². The Morgan fingerprint density at radius 1 is 1.26 bits per heavy atom. The smallest absolute Gasteiger partial charge is 0.435 e. The molecule has 1 aromatic rings. The molecule has 1 amide bonds. The lowest BCUT2D eigenvalue weighted by atomic mass is 10.1. The molecular weight excluding hydrogens is 244 g/mol. The van der Waals surface area contributed by atoms with Gasteiger partial charge < -0.3 is 15.2 Å². The fraction of sp³-hybridized carbons (Fsp3) is 0.429. The molecule has 0 atom stereocenters. The highest BCUT2D eigenvalue weighted by molar-refractivity contribution is 5.92. The molecule has 0 aliphatic rings. The molecule has 0 heterocycles. The molecule has 0 unspecified atom stereocenters. The van der Waals surface area contributed by atoms with E-state index < -0.39 is 11.7 Å². The van der Waals surface area contributed by atoms with Crippen LogP contribution in [0.15, 0.2) is 29.3 Å². The molecule has 0 aliphatic heterocycles. The van der Waals surface area contributed by atoms with Crippen LogP contribution in [-0.4, -0.2) is 24.6 Å². The van der Waals surface area contributed by atoms with Gasteiger partial charge in [-0.15, -0.1) is 0 Å². The minimum Gasteiger partial charge on any atom is -0.497 e. The number of aliphatic imine (C=N–C) groups is 1. The molecule has 1 aromatic carbocycles. The maximum atomic E-state index is 11.5. The van der Waals surface area contributed by atoms with Crippen molar-refractivity contribution in [1.82, 2.24) is 0 Å². The summed E-state index contributed by atoms with van der Waals surface area (Å²) in [7, 11) is 1.60. The van der Waals surface area contributed by atoms with Crippen molar-refractivity contribution in [3.63, 3.8) is 0 Å². The Balaban J connectivity index is 2.62. The second kappa shape index (κ2) is 6.22. The first-order valence-corrected chi connectivity index (χ1v) is 5.99. The van der Waals surface area contributed by atoms with Crippen LogP contribution >= 0.6 is 0 Å². The van der Waals surface area contributed by atoms with Gasteiger partial charge >= 0.3 is 6.09 Å². The number of hydrogen-bond acceptors (Lipinski definition) is 3. The highest BCUT2D eigenvalue weighted by Gasteiger charge is 2.15. The number of benzene rings is 1. The SMILES string of the molecule is COc1ccc(C/C(N)=N/C(=O)OC(C)(C)C)cc1. The van der Waals surface area contributed by atoms with Crippen LogP contribution in [-0.2, 0) is 11.2 Å². The summed E-state index contributed by atoms with van der Waals surface area (Å²) in [5, 5.41) is 0. The van der Waals surface area contributed by atoms with Crippen LogP contribution in [0.2, 0.25) is 0 Å². The summed E-state index contributed by atoms with van der Waals surface area (Å²) < 4.78 is 10.1. The fourth-order valence-electron chi connectivity index (χ4n) is 1.39. The Bertz CT molecular complexity index is 459. The summed E-state index contributed by atoms with van der Waals surface area (Å²) in [6.07, 6.45) is -0.276. The minimum atomic E-state index is -0.668.